The highest BCUT2D eigenvalue weighted by atomic mass is 16.2. The summed E-state index contributed by atoms with van der Waals surface area (Å²) in [6.45, 7) is 7.71. The molecule has 0 spiro atoms. The summed E-state index contributed by atoms with van der Waals surface area (Å²) >= 11 is 0. The van der Waals surface area contributed by atoms with Gasteiger partial charge >= 0.3 is 0 Å². The quantitative estimate of drug-likeness (QED) is 0.547. The average Bonchev–Trinajstić information content (AvgIpc) is 3.19. The molecule has 6 heteroatoms. The molecule has 0 saturated carbocycles. The fraction of sp³-hybridized carbons (Fsp3) is 0.296. The molecule has 170 valence electrons. The highest BCUT2D eigenvalue weighted by Crippen LogP contribution is 2.26. The molecule has 2 aromatic carbocycles. The van der Waals surface area contributed by atoms with Crippen LogP contribution >= 0.6 is 0 Å². The molecule has 0 radical (unpaired) electrons. The van der Waals surface area contributed by atoms with Crippen LogP contribution in [0.2, 0.25) is 0 Å². The second kappa shape index (κ2) is 9.86. The second-order valence-electron chi connectivity index (χ2n) is 8.60. The first-order chi connectivity index (χ1) is 16.0. The molecule has 0 N–H and O–H groups in total. The van der Waals surface area contributed by atoms with E-state index >= 15 is 0 Å². The van der Waals surface area contributed by atoms with Crippen molar-refractivity contribution in [3.05, 3.63) is 90.5 Å². The number of imidazole rings is 1. The smallest absolute Gasteiger partial charge is 0.289 e. The zero-order chi connectivity index (χ0) is 23.4. The van der Waals surface area contributed by atoms with Gasteiger partial charge in [-0.25, -0.2) is 4.98 Å². The monoisotopic (exact) mass is 442 g/mol. The Hall–Kier alpha value is -3.67. The third-order valence-electron chi connectivity index (χ3n) is 6.26. The molecule has 0 bridgehead atoms. The van der Waals surface area contributed by atoms with Gasteiger partial charge in [-0.15, -0.1) is 6.58 Å². The number of rotatable bonds is 6. The summed E-state index contributed by atoms with van der Waals surface area (Å²) in [5.41, 5.74) is 4.62. The molecule has 1 aliphatic heterocycles. The van der Waals surface area contributed by atoms with E-state index in [1.807, 2.05) is 25.2 Å². The van der Waals surface area contributed by atoms with Crippen LogP contribution in [0.4, 0.5) is 0 Å². The van der Waals surface area contributed by atoms with E-state index in [4.69, 9.17) is 0 Å². The van der Waals surface area contributed by atoms with E-state index in [9.17, 15) is 9.59 Å². The lowest BCUT2D eigenvalue weighted by atomic mass is 9.93. The minimum absolute atomic E-state index is 0.0614. The summed E-state index contributed by atoms with van der Waals surface area (Å²) in [7, 11) is 1.81. The Morgan fingerprint density at radius 2 is 2.00 bits per heavy atom. The van der Waals surface area contributed by atoms with E-state index in [1.54, 1.807) is 32.8 Å². The van der Waals surface area contributed by atoms with E-state index in [1.165, 1.54) is 11.1 Å². The Bertz CT molecular complexity index is 1170. The summed E-state index contributed by atoms with van der Waals surface area (Å²) < 4.78 is 1.72. The molecule has 33 heavy (non-hydrogen) atoms. The molecular weight excluding hydrogens is 412 g/mol. The van der Waals surface area contributed by atoms with Gasteiger partial charge in [0.25, 0.3) is 5.91 Å². The molecule has 1 atom stereocenters. The van der Waals surface area contributed by atoms with Gasteiger partial charge in [0.2, 0.25) is 5.91 Å². The van der Waals surface area contributed by atoms with Crippen LogP contribution in [0.1, 0.15) is 21.7 Å². The van der Waals surface area contributed by atoms with Crippen LogP contribution in [0.25, 0.3) is 11.1 Å². The SMILES string of the molecule is C=CCN1CCN(C(=O)c2nccn2C)CC(Cc2cccc(-c3ccccc3C)c2)C1=O. The van der Waals surface area contributed by atoms with Crippen molar-refractivity contribution in [3.8, 4) is 11.1 Å². The average molecular weight is 443 g/mol. The molecule has 2 heterocycles. The van der Waals surface area contributed by atoms with Gasteiger partial charge in [0.15, 0.2) is 5.82 Å². The molecule has 1 aromatic heterocycles. The first-order valence-electron chi connectivity index (χ1n) is 11.3. The first kappa shape index (κ1) is 22.5. The Kier molecular flexibility index (Phi) is 6.73. The van der Waals surface area contributed by atoms with E-state index in [0.717, 1.165) is 11.1 Å². The molecule has 2 amide bonds. The normalized spacial score (nSPS) is 16.5. The number of benzene rings is 2. The minimum atomic E-state index is -0.330. The predicted octanol–water partition coefficient (Wildman–Crippen LogP) is 3.72. The lowest BCUT2D eigenvalue weighted by molar-refractivity contribution is -0.134. The summed E-state index contributed by atoms with van der Waals surface area (Å²) in [6, 6.07) is 16.6. The third-order valence-corrected chi connectivity index (χ3v) is 6.26. The van der Waals surface area contributed by atoms with Gasteiger partial charge in [-0.2, -0.15) is 0 Å². The summed E-state index contributed by atoms with van der Waals surface area (Å²) in [4.78, 5) is 34.3. The number of carbonyl (C=O) groups is 2. The van der Waals surface area contributed by atoms with Crippen molar-refractivity contribution in [1.82, 2.24) is 19.4 Å². The molecule has 1 fully saturated rings. The number of amides is 2. The fourth-order valence-corrected chi connectivity index (χ4v) is 4.48. The van der Waals surface area contributed by atoms with E-state index in [0.29, 0.717) is 38.4 Å². The van der Waals surface area contributed by atoms with Gasteiger partial charge in [-0.3, -0.25) is 9.59 Å². The predicted molar refractivity (Wildman–Crippen MR) is 130 cm³/mol. The van der Waals surface area contributed by atoms with Crippen molar-refractivity contribution in [3.63, 3.8) is 0 Å². The first-order valence-corrected chi connectivity index (χ1v) is 11.3. The van der Waals surface area contributed by atoms with Gasteiger partial charge in [0.05, 0.1) is 5.92 Å². The van der Waals surface area contributed by atoms with Gasteiger partial charge in [-0.05, 0) is 35.6 Å². The van der Waals surface area contributed by atoms with E-state index in [2.05, 4.69) is 48.8 Å². The maximum absolute atomic E-state index is 13.4. The molecule has 4 rings (SSSR count). The minimum Gasteiger partial charge on any atom is -0.337 e. The summed E-state index contributed by atoms with van der Waals surface area (Å²) in [5.74, 6) is -0.0237. The Morgan fingerprint density at radius 3 is 2.73 bits per heavy atom. The molecule has 1 saturated heterocycles. The largest absolute Gasteiger partial charge is 0.337 e. The van der Waals surface area contributed by atoms with Crippen LogP contribution in [0.15, 0.2) is 73.6 Å². The van der Waals surface area contributed by atoms with E-state index < -0.39 is 0 Å². The Balaban J connectivity index is 1.61. The molecular formula is C27H30N4O2. The van der Waals surface area contributed by atoms with Gasteiger partial charge in [0.1, 0.15) is 0 Å². The zero-order valence-corrected chi connectivity index (χ0v) is 19.3. The van der Waals surface area contributed by atoms with Crippen molar-refractivity contribution >= 4 is 11.8 Å². The molecule has 6 nitrogen and oxygen atoms in total. The maximum atomic E-state index is 13.4. The number of aromatic nitrogens is 2. The zero-order valence-electron chi connectivity index (χ0n) is 19.3. The number of hydrogen-bond donors (Lipinski definition) is 0. The van der Waals surface area contributed by atoms with Crippen LogP contribution in [0, 0.1) is 12.8 Å². The van der Waals surface area contributed by atoms with Crippen LogP contribution in [-0.2, 0) is 18.3 Å². The van der Waals surface area contributed by atoms with Gasteiger partial charge in [0, 0.05) is 45.6 Å². The van der Waals surface area contributed by atoms with Gasteiger partial charge < -0.3 is 14.4 Å². The van der Waals surface area contributed by atoms with Crippen LogP contribution < -0.4 is 0 Å². The van der Waals surface area contributed by atoms with Crippen LogP contribution in [-0.4, -0.2) is 57.3 Å². The highest BCUT2D eigenvalue weighted by Gasteiger charge is 2.33. The third kappa shape index (κ3) is 4.90. The molecule has 3 aromatic rings. The van der Waals surface area contributed by atoms with E-state index in [-0.39, 0.29) is 17.7 Å². The Morgan fingerprint density at radius 1 is 1.18 bits per heavy atom. The lowest BCUT2D eigenvalue weighted by Crippen LogP contribution is -2.38. The number of carbonyl (C=O) groups excluding carboxylic acids is 2. The highest BCUT2D eigenvalue weighted by molar-refractivity contribution is 5.91. The standard InChI is InChI=1S/C27H30N4O2/c1-4-13-30-15-16-31(27(33)25-28-12-14-29(25)3)19-23(26(30)32)18-21-9-7-10-22(17-21)24-11-6-5-8-20(24)2/h4-12,14,17,23H,1,13,15-16,18-19H2,2-3H3. The summed E-state index contributed by atoms with van der Waals surface area (Å²) in [6.07, 6.45) is 5.68. The second-order valence-corrected chi connectivity index (χ2v) is 8.60. The number of aryl methyl sites for hydroxylation is 2. The fourth-order valence-electron chi connectivity index (χ4n) is 4.48. The maximum Gasteiger partial charge on any atom is 0.289 e. The van der Waals surface area contributed by atoms with Crippen LogP contribution in [0.3, 0.4) is 0 Å². The molecule has 0 aliphatic carbocycles. The van der Waals surface area contributed by atoms with Crippen molar-refractivity contribution in [1.29, 1.82) is 0 Å². The summed E-state index contributed by atoms with van der Waals surface area (Å²) in [5, 5.41) is 0. The van der Waals surface area contributed by atoms with Crippen molar-refractivity contribution in [2.24, 2.45) is 13.0 Å². The molecule has 1 unspecified atom stereocenters. The number of nitrogens with zero attached hydrogens (tertiary/aromatic N) is 4. The van der Waals surface area contributed by atoms with Crippen molar-refractivity contribution in [2.45, 2.75) is 13.3 Å². The van der Waals surface area contributed by atoms with Crippen molar-refractivity contribution in [2.75, 3.05) is 26.2 Å². The Labute approximate surface area is 195 Å². The topological polar surface area (TPSA) is 58.4 Å². The lowest BCUT2D eigenvalue weighted by Gasteiger charge is -2.23. The van der Waals surface area contributed by atoms with Gasteiger partial charge in [-0.1, -0.05) is 54.6 Å². The van der Waals surface area contributed by atoms with Crippen LogP contribution in [0.5, 0.6) is 0 Å². The van der Waals surface area contributed by atoms with Crippen molar-refractivity contribution < 1.29 is 9.59 Å². The molecule has 1 aliphatic rings. The number of hydrogen-bond acceptors (Lipinski definition) is 3.